The first-order valence-corrected chi connectivity index (χ1v) is 9.40. The number of para-hydroxylation sites is 1. The highest BCUT2D eigenvalue weighted by atomic mass is 32.2. The zero-order valence-corrected chi connectivity index (χ0v) is 16.0. The summed E-state index contributed by atoms with van der Waals surface area (Å²) in [5, 5.41) is 8.12. The van der Waals surface area contributed by atoms with Gasteiger partial charge in [-0.05, 0) is 38.5 Å². The monoisotopic (exact) mass is 386 g/mol. The van der Waals surface area contributed by atoms with Crippen LogP contribution >= 0.6 is 11.8 Å². The SMILES string of the molecule is Cc1ccc(C(=O)CSc2nnc([C@H](C)Oc3ccccc3F)o2)c(C)c1. The third-order valence-electron chi connectivity index (χ3n) is 3.92. The van der Waals surface area contributed by atoms with E-state index >= 15 is 0 Å². The van der Waals surface area contributed by atoms with Crippen molar-refractivity contribution in [1.82, 2.24) is 10.2 Å². The van der Waals surface area contributed by atoms with Crippen LogP contribution in [0.5, 0.6) is 5.75 Å². The van der Waals surface area contributed by atoms with Crippen molar-refractivity contribution in [2.24, 2.45) is 0 Å². The predicted molar refractivity (Wildman–Crippen MR) is 101 cm³/mol. The lowest BCUT2D eigenvalue weighted by atomic mass is 10.0. The Bertz CT molecular complexity index is 958. The zero-order valence-electron chi connectivity index (χ0n) is 15.2. The molecule has 0 bridgehead atoms. The maximum absolute atomic E-state index is 13.7. The molecule has 7 heteroatoms. The molecule has 0 amide bonds. The maximum atomic E-state index is 13.7. The first-order chi connectivity index (χ1) is 12.9. The summed E-state index contributed by atoms with van der Waals surface area (Å²) in [5.74, 6) is 0.0567. The summed E-state index contributed by atoms with van der Waals surface area (Å²) < 4.78 is 24.7. The highest BCUT2D eigenvalue weighted by Crippen LogP contribution is 2.26. The fraction of sp³-hybridized carbons (Fsp3) is 0.250. The third kappa shape index (κ3) is 4.74. The van der Waals surface area contributed by atoms with E-state index in [1.807, 2.05) is 32.0 Å². The van der Waals surface area contributed by atoms with Crippen molar-refractivity contribution < 1.29 is 18.3 Å². The number of ketones is 1. The van der Waals surface area contributed by atoms with Gasteiger partial charge in [0, 0.05) is 5.56 Å². The second kappa shape index (κ2) is 8.35. The molecule has 0 aliphatic heterocycles. The van der Waals surface area contributed by atoms with E-state index in [1.54, 1.807) is 19.1 Å². The number of benzene rings is 2. The highest BCUT2D eigenvalue weighted by molar-refractivity contribution is 7.99. The second-order valence-corrected chi connectivity index (χ2v) is 7.05. The molecule has 0 fully saturated rings. The largest absolute Gasteiger partial charge is 0.478 e. The fourth-order valence-corrected chi connectivity index (χ4v) is 3.21. The van der Waals surface area contributed by atoms with E-state index in [-0.39, 0.29) is 28.4 Å². The Morgan fingerprint density at radius 2 is 2.00 bits per heavy atom. The van der Waals surface area contributed by atoms with Crippen molar-refractivity contribution in [2.75, 3.05) is 5.75 Å². The molecule has 3 rings (SSSR count). The molecule has 27 heavy (non-hydrogen) atoms. The molecule has 0 saturated carbocycles. The number of hydrogen-bond donors (Lipinski definition) is 0. The number of rotatable bonds is 7. The first-order valence-electron chi connectivity index (χ1n) is 8.42. The normalized spacial score (nSPS) is 12.0. The molecule has 0 radical (unpaired) electrons. The summed E-state index contributed by atoms with van der Waals surface area (Å²) in [6, 6.07) is 11.8. The number of carbonyl (C=O) groups is 1. The van der Waals surface area contributed by atoms with Gasteiger partial charge in [-0.25, -0.2) is 4.39 Å². The van der Waals surface area contributed by atoms with Crippen LogP contribution in [0, 0.1) is 19.7 Å². The van der Waals surface area contributed by atoms with E-state index in [4.69, 9.17) is 9.15 Å². The molecule has 3 aromatic rings. The van der Waals surface area contributed by atoms with Crippen LogP contribution in [0.2, 0.25) is 0 Å². The minimum atomic E-state index is -0.612. The van der Waals surface area contributed by atoms with Crippen molar-refractivity contribution in [3.8, 4) is 5.75 Å². The van der Waals surface area contributed by atoms with E-state index in [0.29, 0.717) is 5.56 Å². The van der Waals surface area contributed by atoms with Crippen LogP contribution in [-0.2, 0) is 0 Å². The summed E-state index contributed by atoms with van der Waals surface area (Å²) in [5.41, 5.74) is 2.74. The Balaban J connectivity index is 1.60. The molecule has 1 atom stereocenters. The number of carbonyl (C=O) groups excluding carboxylic acids is 1. The number of aromatic nitrogens is 2. The Morgan fingerprint density at radius 1 is 1.22 bits per heavy atom. The van der Waals surface area contributed by atoms with Crippen LogP contribution in [0.25, 0.3) is 0 Å². The molecule has 1 aromatic heterocycles. The number of thioether (sulfide) groups is 1. The Hall–Kier alpha value is -2.67. The van der Waals surface area contributed by atoms with Gasteiger partial charge in [-0.15, -0.1) is 10.2 Å². The number of Topliss-reactive ketones (excluding diaryl/α,β-unsaturated/α-hetero) is 1. The lowest BCUT2D eigenvalue weighted by Gasteiger charge is -2.11. The van der Waals surface area contributed by atoms with Gasteiger partial charge >= 0.3 is 0 Å². The number of halogens is 1. The average molecular weight is 386 g/mol. The molecular weight excluding hydrogens is 367 g/mol. The van der Waals surface area contributed by atoms with Gasteiger partial charge in [-0.2, -0.15) is 0 Å². The average Bonchev–Trinajstić information content (AvgIpc) is 3.11. The summed E-state index contributed by atoms with van der Waals surface area (Å²) in [4.78, 5) is 12.4. The van der Waals surface area contributed by atoms with Gasteiger partial charge < -0.3 is 9.15 Å². The Labute approximate surface area is 161 Å². The minimum Gasteiger partial charge on any atom is -0.478 e. The van der Waals surface area contributed by atoms with Crippen LogP contribution in [-0.4, -0.2) is 21.7 Å². The molecule has 5 nitrogen and oxygen atoms in total. The number of nitrogens with zero attached hydrogens (tertiary/aromatic N) is 2. The van der Waals surface area contributed by atoms with Crippen molar-refractivity contribution in [3.63, 3.8) is 0 Å². The number of ether oxygens (including phenoxy) is 1. The summed E-state index contributed by atoms with van der Waals surface area (Å²) in [6.07, 6.45) is -0.612. The van der Waals surface area contributed by atoms with Crippen molar-refractivity contribution in [3.05, 3.63) is 70.9 Å². The quantitative estimate of drug-likeness (QED) is 0.423. The first kappa shape index (κ1) is 19.1. The lowest BCUT2D eigenvalue weighted by Crippen LogP contribution is -2.05. The molecule has 140 valence electrons. The third-order valence-corrected chi connectivity index (χ3v) is 4.74. The second-order valence-electron chi connectivity index (χ2n) is 6.13. The van der Waals surface area contributed by atoms with Crippen molar-refractivity contribution in [1.29, 1.82) is 0 Å². The van der Waals surface area contributed by atoms with Gasteiger partial charge in [0.05, 0.1) is 5.75 Å². The van der Waals surface area contributed by atoms with Crippen LogP contribution in [0.1, 0.15) is 40.4 Å². The predicted octanol–water partition coefficient (Wildman–Crippen LogP) is 4.94. The Kier molecular flexibility index (Phi) is 5.91. The van der Waals surface area contributed by atoms with Crippen LogP contribution in [0.15, 0.2) is 52.1 Å². The van der Waals surface area contributed by atoms with Gasteiger partial charge in [-0.1, -0.05) is 47.7 Å². The van der Waals surface area contributed by atoms with Crippen LogP contribution in [0.4, 0.5) is 4.39 Å². The summed E-state index contributed by atoms with van der Waals surface area (Å²) >= 11 is 1.16. The number of hydrogen-bond acceptors (Lipinski definition) is 6. The molecule has 1 heterocycles. The zero-order chi connectivity index (χ0) is 19.4. The maximum Gasteiger partial charge on any atom is 0.277 e. The highest BCUT2D eigenvalue weighted by Gasteiger charge is 2.18. The summed E-state index contributed by atoms with van der Waals surface area (Å²) in [7, 11) is 0. The molecule has 0 aliphatic rings. The smallest absolute Gasteiger partial charge is 0.277 e. The fourth-order valence-electron chi connectivity index (χ4n) is 2.56. The van der Waals surface area contributed by atoms with Gasteiger partial charge in [0.15, 0.2) is 23.5 Å². The minimum absolute atomic E-state index is 0.00657. The van der Waals surface area contributed by atoms with E-state index in [2.05, 4.69) is 10.2 Å². The van der Waals surface area contributed by atoms with Gasteiger partial charge in [0.25, 0.3) is 11.1 Å². The standard InChI is InChI=1S/C20H19FN2O3S/c1-12-8-9-15(13(2)10-12)17(24)11-27-20-23-22-19(26-20)14(3)25-18-7-5-4-6-16(18)21/h4-10,14H,11H2,1-3H3/t14-/m0/s1. The Morgan fingerprint density at radius 3 is 2.74 bits per heavy atom. The molecule has 0 spiro atoms. The molecule has 0 unspecified atom stereocenters. The topological polar surface area (TPSA) is 65.2 Å². The lowest BCUT2D eigenvalue weighted by molar-refractivity contribution is 0.102. The van der Waals surface area contributed by atoms with Gasteiger partial charge in [-0.3, -0.25) is 4.79 Å². The molecular formula is C20H19FN2O3S. The molecule has 0 saturated heterocycles. The van der Waals surface area contributed by atoms with E-state index in [1.165, 1.54) is 12.1 Å². The van der Waals surface area contributed by atoms with Crippen LogP contribution < -0.4 is 4.74 Å². The van der Waals surface area contributed by atoms with Crippen LogP contribution in [0.3, 0.4) is 0 Å². The summed E-state index contributed by atoms with van der Waals surface area (Å²) in [6.45, 7) is 5.59. The van der Waals surface area contributed by atoms with E-state index in [9.17, 15) is 9.18 Å². The number of aryl methyl sites for hydroxylation is 2. The van der Waals surface area contributed by atoms with Crippen molar-refractivity contribution >= 4 is 17.5 Å². The van der Waals surface area contributed by atoms with Gasteiger partial charge in [0.1, 0.15) is 0 Å². The molecule has 2 aromatic carbocycles. The van der Waals surface area contributed by atoms with E-state index in [0.717, 1.165) is 22.9 Å². The van der Waals surface area contributed by atoms with Crippen molar-refractivity contribution in [2.45, 2.75) is 32.1 Å². The molecule has 0 aliphatic carbocycles. The molecule has 0 N–H and O–H groups in total. The van der Waals surface area contributed by atoms with Gasteiger partial charge in [0.2, 0.25) is 0 Å². The van der Waals surface area contributed by atoms with E-state index < -0.39 is 11.9 Å².